The zero-order valence-electron chi connectivity index (χ0n) is 7.01. The molecule has 0 aliphatic rings. The maximum atomic E-state index is 5.48. The van der Waals surface area contributed by atoms with Gasteiger partial charge in [0.25, 0.3) is 0 Å². The Hall–Kier alpha value is 0.200. The highest BCUT2D eigenvalue weighted by molar-refractivity contribution is 14.1. The summed E-state index contributed by atoms with van der Waals surface area (Å²) in [5.74, 6) is 0. The molecule has 0 fully saturated rings. The van der Waals surface area contributed by atoms with Crippen molar-refractivity contribution in [3.05, 3.63) is 32.9 Å². The predicted molar refractivity (Wildman–Crippen MR) is 63.9 cm³/mol. The van der Waals surface area contributed by atoms with Crippen molar-refractivity contribution in [3.63, 3.8) is 0 Å². The molecule has 12 heavy (non-hydrogen) atoms. The van der Waals surface area contributed by atoms with Crippen LogP contribution in [0.25, 0.3) is 0 Å². The lowest BCUT2D eigenvalue weighted by molar-refractivity contribution is 0.960. The Balaban J connectivity index is 0.00000121. The first kappa shape index (κ1) is 12.2. The van der Waals surface area contributed by atoms with E-state index < -0.39 is 0 Å². The van der Waals surface area contributed by atoms with E-state index in [0.29, 0.717) is 0 Å². The van der Waals surface area contributed by atoms with Crippen molar-refractivity contribution in [2.24, 2.45) is 5.73 Å². The minimum absolute atomic E-state index is 0. The fourth-order valence-corrected chi connectivity index (χ4v) is 1.69. The van der Waals surface area contributed by atoms with Crippen molar-refractivity contribution in [3.8, 4) is 0 Å². The molecule has 0 aliphatic carbocycles. The lowest BCUT2D eigenvalue weighted by Crippen LogP contribution is -2.04. The van der Waals surface area contributed by atoms with E-state index in [4.69, 9.17) is 5.73 Å². The number of halogens is 2. The van der Waals surface area contributed by atoms with Crippen LogP contribution in [0.3, 0.4) is 0 Å². The largest absolute Gasteiger partial charge is 0.330 e. The monoisotopic (exact) mass is 297 g/mol. The van der Waals surface area contributed by atoms with E-state index in [1.54, 1.807) is 0 Å². The van der Waals surface area contributed by atoms with E-state index >= 15 is 0 Å². The second-order valence-corrected chi connectivity index (χ2v) is 3.67. The molecule has 0 saturated carbocycles. The first-order chi connectivity index (χ1) is 5.25. The molecular weight excluding hydrogens is 284 g/mol. The maximum absolute atomic E-state index is 5.48. The van der Waals surface area contributed by atoms with E-state index in [-0.39, 0.29) is 12.4 Å². The van der Waals surface area contributed by atoms with Crippen LogP contribution in [0, 0.1) is 10.5 Å². The van der Waals surface area contributed by atoms with Gasteiger partial charge in [-0.05, 0) is 53.6 Å². The maximum Gasteiger partial charge on any atom is 0.0192 e. The van der Waals surface area contributed by atoms with E-state index in [2.05, 4.69) is 47.7 Å². The van der Waals surface area contributed by atoms with Crippen molar-refractivity contribution in [2.45, 2.75) is 13.3 Å². The first-order valence-corrected chi connectivity index (χ1v) is 4.77. The Morgan fingerprint density at radius 1 is 1.42 bits per heavy atom. The molecule has 1 aromatic rings. The highest BCUT2D eigenvalue weighted by atomic mass is 127. The summed E-state index contributed by atoms with van der Waals surface area (Å²) in [7, 11) is 0. The predicted octanol–water partition coefficient (Wildman–Crippen LogP) is 2.52. The number of aryl methyl sites for hydroxylation is 1. The molecule has 0 atom stereocenters. The average molecular weight is 298 g/mol. The molecule has 0 unspecified atom stereocenters. The fourth-order valence-electron chi connectivity index (χ4n) is 1.06. The number of benzene rings is 1. The molecule has 1 aromatic carbocycles. The second kappa shape index (κ2) is 5.78. The number of rotatable bonds is 2. The smallest absolute Gasteiger partial charge is 0.0192 e. The van der Waals surface area contributed by atoms with Crippen LogP contribution >= 0.6 is 35.0 Å². The summed E-state index contributed by atoms with van der Waals surface area (Å²) >= 11 is 2.37. The molecule has 2 N–H and O–H groups in total. The minimum Gasteiger partial charge on any atom is -0.330 e. The fraction of sp³-hybridized carbons (Fsp3) is 0.333. The summed E-state index contributed by atoms with van der Waals surface area (Å²) < 4.78 is 1.36. The second-order valence-electron chi connectivity index (χ2n) is 2.59. The third-order valence-corrected chi connectivity index (χ3v) is 3.23. The van der Waals surface area contributed by atoms with Gasteiger partial charge in [-0.3, -0.25) is 0 Å². The molecule has 68 valence electrons. The summed E-state index contributed by atoms with van der Waals surface area (Å²) in [6.07, 6.45) is 0.986. The van der Waals surface area contributed by atoms with Crippen LogP contribution in [-0.2, 0) is 6.42 Å². The lowest BCUT2D eigenvalue weighted by Gasteiger charge is -2.04. The van der Waals surface area contributed by atoms with Crippen LogP contribution < -0.4 is 5.73 Å². The Bertz CT molecular complexity index is 250. The van der Waals surface area contributed by atoms with Crippen molar-refractivity contribution < 1.29 is 0 Å². The standard InChI is InChI=1S/C9H12IN.ClH/c1-7-3-2-4-8(5-6-11)9(7)10;/h2-4H,5-6,11H2,1H3;1H. The van der Waals surface area contributed by atoms with Crippen LogP contribution in [0.5, 0.6) is 0 Å². The molecular formula is C9H13ClIN. The quantitative estimate of drug-likeness (QED) is 0.834. The van der Waals surface area contributed by atoms with Crippen molar-refractivity contribution in [1.29, 1.82) is 0 Å². The Labute approximate surface area is 93.3 Å². The van der Waals surface area contributed by atoms with Crippen LogP contribution in [0.15, 0.2) is 18.2 Å². The molecule has 0 amide bonds. The van der Waals surface area contributed by atoms with E-state index in [9.17, 15) is 0 Å². The summed E-state index contributed by atoms with van der Waals surface area (Å²) in [6.45, 7) is 2.86. The van der Waals surface area contributed by atoms with Gasteiger partial charge >= 0.3 is 0 Å². The van der Waals surface area contributed by atoms with Crippen LogP contribution in [0.1, 0.15) is 11.1 Å². The van der Waals surface area contributed by atoms with Gasteiger partial charge in [0.15, 0.2) is 0 Å². The van der Waals surface area contributed by atoms with Gasteiger partial charge in [0.2, 0.25) is 0 Å². The van der Waals surface area contributed by atoms with Gasteiger partial charge in [-0.25, -0.2) is 0 Å². The van der Waals surface area contributed by atoms with Crippen molar-refractivity contribution in [2.75, 3.05) is 6.54 Å². The van der Waals surface area contributed by atoms with Gasteiger partial charge < -0.3 is 5.73 Å². The molecule has 0 radical (unpaired) electrons. The third-order valence-electron chi connectivity index (χ3n) is 1.69. The molecule has 1 rings (SSSR count). The Kier molecular flexibility index (Phi) is 5.88. The van der Waals surface area contributed by atoms with Gasteiger partial charge in [-0.2, -0.15) is 0 Å². The number of nitrogens with two attached hydrogens (primary N) is 1. The van der Waals surface area contributed by atoms with E-state index in [1.807, 2.05) is 0 Å². The molecule has 3 heteroatoms. The van der Waals surface area contributed by atoms with Gasteiger partial charge in [0.05, 0.1) is 0 Å². The molecule has 0 saturated heterocycles. The van der Waals surface area contributed by atoms with Gasteiger partial charge in [0.1, 0.15) is 0 Å². The van der Waals surface area contributed by atoms with Gasteiger partial charge in [-0.15, -0.1) is 12.4 Å². The highest BCUT2D eigenvalue weighted by Gasteiger charge is 1.99. The molecule has 0 bridgehead atoms. The number of hydrogen-bond donors (Lipinski definition) is 1. The lowest BCUT2D eigenvalue weighted by atomic mass is 10.1. The normalized spacial score (nSPS) is 9.25. The SMILES string of the molecule is Cc1cccc(CCN)c1I.Cl. The highest BCUT2D eigenvalue weighted by Crippen LogP contribution is 2.16. The number of hydrogen-bond acceptors (Lipinski definition) is 1. The van der Waals surface area contributed by atoms with Crippen molar-refractivity contribution in [1.82, 2.24) is 0 Å². The summed E-state index contributed by atoms with van der Waals surface area (Å²) in [4.78, 5) is 0. The summed E-state index contributed by atoms with van der Waals surface area (Å²) in [5, 5.41) is 0. The minimum atomic E-state index is 0. The first-order valence-electron chi connectivity index (χ1n) is 3.69. The van der Waals surface area contributed by atoms with Crippen molar-refractivity contribution >= 4 is 35.0 Å². The molecule has 0 aliphatic heterocycles. The Morgan fingerprint density at radius 2 is 2.08 bits per heavy atom. The molecule has 0 spiro atoms. The summed E-state index contributed by atoms with van der Waals surface area (Å²) in [5.41, 5.74) is 8.19. The van der Waals surface area contributed by atoms with Gasteiger partial charge in [-0.1, -0.05) is 18.2 Å². The average Bonchev–Trinajstić information content (AvgIpc) is 1.99. The Morgan fingerprint density at radius 3 is 2.67 bits per heavy atom. The van der Waals surface area contributed by atoms with Crippen LogP contribution in [0.4, 0.5) is 0 Å². The van der Waals surface area contributed by atoms with E-state index in [1.165, 1.54) is 14.7 Å². The summed E-state index contributed by atoms with van der Waals surface area (Å²) in [6, 6.07) is 6.35. The van der Waals surface area contributed by atoms with E-state index in [0.717, 1.165) is 13.0 Å². The van der Waals surface area contributed by atoms with Gasteiger partial charge in [0, 0.05) is 3.57 Å². The molecule has 0 heterocycles. The molecule has 1 nitrogen and oxygen atoms in total. The molecule has 0 aromatic heterocycles. The zero-order valence-corrected chi connectivity index (χ0v) is 9.98. The topological polar surface area (TPSA) is 26.0 Å². The zero-order chi connectivity index (χ0) is 8.27. The van der Waals surface area contributed by atoms with Crippen LogP contribution in [0.2, 0.25) is 0 Å². The third kappa shape index (κ3) is 2.92. The van der Waals surface area contributed by atoms with Crippen LogP contribution in [-0.4, -0.2) is 6.54 Å².